The molecule has 2 amide bonds. The van der Waals surface area contributed by atoms with Gasteiger partial charge in [0.15, 0.2) is 6.61 Å². The topological polar surface area (TPSA) is 67.4 Å². The summed E-state index contributed by atoms with van der Waals surface area (Å²) in [6, 6.07) is 12.8. The fraction of sp³-hybridized carbons (Fsp3) is 0.333. The van der Waals surface area contributed by atoms with Gasteiger partial charge in [0.2, 0.25) is 0 Å². The molecule has 0 saturated carbocycles. The molecule has 5 heteroatoms. The van der Waals surface area contributed by atoms with E-state index in [0.29, 0.717) is 29.5 Å². The van der Waals surface area contributed by atoms with Gasteiger partial charge in [-0.05, 0) is 49.1 Å². The number of carbonyl (C=O) groups excluding carboxylic acids is 2. The minimum Gasteiger partial charge on any atom is -0.483 e. The molecule has 0 aromatic heterocycles. The second kappa shape index (κ2) is 9.04. The van der Waals surface area contributed by atoms with Gasteiger partial charge in [0.25, 0.3) is 11.8 Å². The molecule has 0 unspecified atom stereocenters. The van der Waals surface area contributed by atoms with Gasteiger partial charge in [0, 0.05) is 6.54 Å². The van der Waals surface area contributed by atoms with Gasteiger partial charge >= 0.3 is 0 Å². The molecule has 5 nitrogen and oxygen atoms in total. The van der Waals surface area contributed by atoms with Crippen molar-refractivity contribution < 1.29 is 14.3 Å². The lowest BCUT2D eigenvalue weighted by Crippen LogP contribution is -2.29. The Hall–Kier alpha value is -2.82. The zero-order valence-electron chi connectivity index (χ0n) is 15.8. The van der Waals surface area contributed by atoms with E-state index >= 15 is 0 Å². The average molecular weight is 354 g/mol. The molecule has 0 aliphatic carbocycles. The van der Waals surface area contributed by atoms with E-state index in [1.54, 1.807) is 24.3 Å². The van der Waals surface area contributed by atoms with Gasteiger partial charge in [-0.15, -0.1) is 0 Å². The lowest BCUT2D eigenvalue weighted by molar-refractivity contribution is -0.118. The van der Waals surface area contributed by atoms with E-state index in [4.69, 9.17) is 4.74 Å². The van der Waals surface area contributed by atoms with E-state index in [1.165, 1.54) is 0 Å². The Morgan fingerprint density at radius 2 is 1.81 bits per heavy atom. The standard InChI is InChI=1S/C21H26N2O3/c1-14(2)12-22-21(25)17-7-5-6-8-18(17)23-20(24)13-26-19-11-15(3)9-10-16(19)4/h5-11,14H,12-13H2,1-4H3,(H,22,25)(H,23,24). The average Bonchev–Trinajstić information content (AvgIpc) is 2.61. The monoisotopic (exact) mass is 354 g/mol. The van der Waals surface area contributed by atoms with Crippen molar-refractivity contribution in [1.29, 1.82) is 0 Å². The van der Waals surface area contributed by atoms with Crippen LogP contribution in [0.3, 0.4) is 0 Å². The SMILES string of the molecule is Cc1ccc(C)c(OCC(=O)Nc2ccccc2C(=O)NCC(C)C)c1. The second-order valence-electron chi connectivity index (χ2n) is 6.76. The maximum absolute atomic E-state index is 12.3. The maximum Gasteiger partial charge on any atom is 0.262 e. The second-order valence-corrected chi connectivity index (χ2v) is 6.76. The summed E-state index contributed by atoms with van der Waals surface area (Å²) in [4.78, 5) is 24.6. The number of ether oxygens (including phenoxy) is 1. The van der Waals surface area contributed by atoms with E-state index in [9.17, 15) is 9.59 Å². The van der Waals surface area contributed by atoms with Crippen molar-refractivity contribution >= 4 is 17.5 Å². The number of carbonyl (C=O) groups is 2. The first-order valence-electron chi connectivity index (χ1n) is 8.74. The first-order chi connectivity index (χ1) is 12.4. The number of aryl methyl sites for hydroxylation is 2. The highest BCUT2D eigenvalue weighted by molar-refractivity contribution is 6.04. The number of nitrogens with one attached hydrogen (secondary N) is 2. The Balaban J connectivity index is 2.00. The highest BCUT2D eigenvalue weighted by Gasteiger charge is 2.14. The van der Waals surface area contributed by atoms with E-state index in [-0.39, 0.29) is 18.4 Å². The number of hydrogen-bond acceptors (Lipinski definition) is 3. The highest BCUT2D eigenvalue weighted by Crippen LogP contribution is 2.19. The molecular formula is C21H26N2O3. The van der Waals surface area contributed by atoms with Gasteiger partial charge in [-0.3, -0.25) is 9.59 Å². The van der Waals surface area contributed by atoms with Crippen LogP contribution in [0.2, 0.25) is 0 Å². The zero-order valence-corrected chi connectivity index (χ0v) is 15.8. The first-order valence-corrected chi connectivity index (χ1v) is 8.74. The normalized spacial score (nSPS) is 10.5. The van der Waals surface area contributed by atoms with E-state index in [2.05, 4.69) is 10.6 Å². The number of para-hydroxylation sites is 1. The number of benzene rings is 2. The Bertz CT molecular complexity index is 785. The van der Waals surface area contributed by atoms with Crippen LogP contribution in [0.4, 0.5) is 5.69 Å². The summed E-state index contributed by atoms with van der Waals surface area (Å²) in [5, 5.41) is 5.62. The minimum atomic E-state index is -0.310. The molecule has 0 fully saturated rings. The molecule has 0 radical (unpaired) electrons. The van der Waals surface area contributed by atoms with Crippen LogP contribution in [0.15, 0.2) is 42.5 Å². The smallest absolute Gasteiger partial charge is 0.262 e. The lowest BCUT2D eigenvalue weighted by Gasteiger charge is -2.13. The van der Waals surface area contributed by atoms with Crippen molar-refractivity contribution in [2.75, 3.05) is 18.5 Å². The third-order valence-electron chi connectivity index (χ3n) is 3.82. The molecule has 0 heterocycles. The summed E-state index contributed by atoms with van der Waals surface area (Å²) in [5.74, 6) is 0.523. The molecule has 0 saturated heterocycles. The minimum absolute atomic E-state index is 0.119. The van der Waals surface area contributed by atoms with Crippen LogP contribution in [0.25, 0.3) is 0 Å². The van der Waals surface area contributed by atoms with E-state index in [1.807, 2.05) is 45.9 Å². The van der Waals surface area contributed by atoms with Gasteiger partial charge in [-0.2, -0.15) is 0 Å². The zero-order chi connectivity index (χ0) is 19.1. The van der Waals surface area contributed by atoms with Crippen LogP contribution in [0, 0.1) is 19.8 Å². The van der Waals surface area contributed by atoms with Gasteiger partial charge in [-0.25, -0.2) is 0 Å². The molecule has 2 aromatic rings. The summed E-state index contributed by atoms with van der Waals surface area (Å²) >= 11 is 0. The fourth-order valence-corrected chi connectivity index (χ4v) is 2.37. The summed E-state index contributed by atoms with van der Waals surface area (Å²) in [6.45, 7) is 8.42. The number of anilines is 1. The Kier molecular flexibility index (Phi) is 6.78. The van der Waals surface area contributed by atoms with Gasteiger partial charge in [0.05, 0.1) is 11.3 Å². The van der Waals surface area contributed by atoms with Crippen LogP contribution in [0.1, 0.15) is 35.3 Å². The number of rotatable bonds is 7. The third kappa shape index (κ3) is 5.62. The van der Waals surface area contributed by atoms with Crippen LogP contribution >= 0.6 is 0 Å². The van der Waals surface area contributed by atoms with Gasteiger partial charge in [-0.1, -0.05) is 38.1 Å². The molecule has 0 atom stereocenters. The largest absolute Gasteiger partial charge is 0.483 e. The van der Waals surface area contributed by atoms with Crippen molar-refractivity contribution in [2.45, 2.75) is 27.7 Å². The molecule has 26 heavy (non-hydrogen) atoms. The quantitative estimate of drug-likeness (QED) is 0.796. The highest BCUT2D eigenvalue weighted by atomic mass is 16.5. The summed E-state index contributed by atoms with van der Waals surface area (Å²) < 4.78 is 5.62. The summed E-state index contributed by atoms with van der Waals surface area (Å²) in [6.07, 6.45) is 0. The molecular weight excluding hydrogens is 328 g/mol. The van der Waals surface area contributed by atoms with Crippen molar-refractivity contribution in [2.24, 2.45) is 5.92 Å². The molecule has 0 spiro atoms. The number of amides is 2. The van der Waals surface area contributed by atoms with Crippen molar-refractivity contribution in [3.8, 4) is 5.75 Å². The molecule has 2 N–H and O–H groups in total. The number of hydrogen-bond donors (Lipinski definition) is 2. The van der Waals surface area contributed by atoms with E-state index < -0.39 is 0 Å². The fourth-order valence-electron chi connectivity index (χ4n) is 2.37. The van der Waals surface area contributed by atoms with Crippen LogP contribution in [0.5, 0.6) is 5.75 Å². The predicted molar refractivity (Wildman–Crippen MR) is 104 cm³/mol. The third-order valence-corrected chi connectivity index (χ3v) is 3.82. The van der Waals surface area contributed by atoms with Crippen molar-refractivity contribution in [3.05, 3.63) is 59.2 Å². The maximum atomic E-state index is 12.3. The van der Waals surface area contributed by atoms with Crippen LogP contribution in [-0.4, -0.2) is 25.0 Å². The predicted octanol–water partition coefficient (Wildman–Crippen LogP) is 3.71. The van der Waals surface area contributed by atoms with E-state index in [0.717, 1.165) is 11.1 Å². The van der Waals surface area contributed by atoms with Crippen molar-refractivity contribution in [3.63, 3.8) is 0 Å². The van der Waals surface area contributed by atoms with Crippen LogP contribution in [-0.2, 0) is 4.79 Å². The summed E-state index contributed by atoms with van der Waals surface area (Å²) in [7, 11) is 0. The first kappa shape index (κ1) is 19.5. The van der Waals surface area contributed by atoms with Gasteiger partial charge < -0.3 is 15.4 Å². The Morgan fingerprint density at radius 3 is 2.54 bits per heavy atom. The molecule has 2 aromatic carbocycles. The summed E-state index contributed by atoms with van der Waals surface area (Å²) in [5.41, 5.74) is 2.95. The van der Waals surface area contributed by atoms with Crippen molar-refractivity contribution in [1.82, 2.24) is 5.32 Å². The molecule has 0 aliphatic rings. The Morgan fingerprint density at radius 1 is 1.08 bits per heavy atom. The van der Waals surface area contributed by atoms with Gasteiger partial charge in [0.1, 0.15) is 5.75 Å². The van der Waals surface area contributed by atoms with Crippen LogP contribution < -0.4 is 15.4 Å². The molecule has 0 bridgehead atoms. The molecule has 138 valence electrons. The molecule has 0 aliphatic heterocycles. The lowest BCUT2D eigenvalue weighted by atomic mass is 10.1. The molecule has 2 rings (SSSR count). The Labute approximate surface area is 154 Å².